The maximum Gasteiger partial charge on any atom is 0.0367 e. The summed E-state index contributed by atoms with van der Waals surface area (Å²) in [6.45, 7) is 0.712. The molecule has 2 heteroatoms. The van der Waals surface area contributed by atoms with E-state index in [2.05, 4.69) is 41.3 Å². The first-order chi connectivity index (χ1) is 6.74. The number of benzene rings is 1. The van der Waals surface area contributed by atoms with Crippen LogP contribution in [0.15, 0.2) is 30.3 Å². The van der Waals surface area contributed by atoms with Crippen molar-refractivity contribution in [3.05, 3.63) is 35.9 Å². The molecule has 2 N–H and O–H groups in total. The van der Waals surface area contributed by atoms with Gasteiger partial charge in [0.25, 0.3) is 0 Å². The second-order valence-corrected chi connectivity index (χ2v) is 3.47. The van der Waals surface area contributed by atoms with Crippen molar-refractivity contribution in [3.63, 3.8) is 0 Å². The monoisotopic (exact) mass is 190 g/mol. The zero-order valence-corrected chi connectivity index (χ0v) is 8.90. The first-order valence-corrected chi connectivity index (χ1v) is 4.88. The average Bonchev–Trinajstić information content (AvgIpc) is 2.19. The molecule has 0 aliphatic rings. The Morgan fingerprint density at radius 2 is 2.14 bits per heavy atom. The van der Waals surface area contributed by atoms with Gasteiger partial charge < -0.3 is 10.6 Å². The lowest BCUT2D eigenvalue weighted by Gasteiger charge is -2.12. The van der Waals surface area contributed by atoms with Gasteiger partial charge in [-0.25, -0.2) is 0 Å². The van der Waals surface area contributed by atoms with Crippen LogP contribution in [0.5, 0.6) is 0 Å². The van der Waals surface area contributed by atoms with E-state index < -0.39 is 0 Å². The summed E-state index contributed by atoms with van der Waals surface area (Å²) in [4.78, 5) is 2.10. The predicted octanol–water partition coefficient (Wildman–Crippen LogP) is 2.11. The maximum absolute atomic E-state index is 5.41. The summed E-state index contributed by atoms with van der Waals surface area (Å²) < 4.78 is 0. The molecule has 0 radical (unpaired) electrons. The molecule has 0 aliphatic heterocycles. The lowest BCUT2D eigenvalue weighted by atomic mass is 10.1. The van der Waals surface area contributed by atoms with Crippen molar-refractivity contribution in [3.8, 4) is 0 Å². The highest BCUT2D eigenvalue weighted by Gasteiger charge is 1.93. The van der Waals surface area contributed by atoms with Gasteiger partial charge in [0.1, 0.15) is 0 Å². The van der Waals surface area contributed by atoms with Crippen LogP contribution in [0.4, 0.5) is 5.69 Å². The molecule has 0 atom stereocenters. The van der Waals surface area contributed by atoms with Crippen LogP contribution in [0.25, 0.3) is 6.08 Å². The zero-order valence-electron chi connectivity index (χ0n) is 8.90. The first kappa shape index (κ1) is 10.8. The summed E-state index contributed by atoms with van der Waals surface area (Å²) in [7, 11) is 4.09. The van der Waals surface area contributed by atoms with Gasteiger partial charge in [-0.15, -0.1) is 0 Å². The minimum atomic E-state index is 0.712. The van der Waals surface area contributed by atoms with Gasteiger partial charge in [-0.3, -0.25) is 0 Å². The van der Waals surface area contributed by atoms with Crippen molar-refractivity contribution in [1.29, 1.82) is 0 Å². The van der Waals surface area contributed by atoms with Gasteiger partial charge in [-0.1, -0.05) is 24.3 Å². The molecule has 1 aromatic rings. The van der Waals surface area contributed by atoms with Crippen LogP contribution in [0.3, 0.4) is 0 Å². The minimum Gasteiger partial charge on any atom is -0.378 e. The van der Waals surface area contributed by atoms with Crippen molar-refractivity contribution in [2.75, 3.05) is 25.5 Å². The number of nitrogens with zero attached hydrogens (tertiary/aromatic N) is 1. The number of anilines is 1. The topological polar surface area (TPSA) is 29.3 Å². The summed E-state index contributed by atoms with van der Waals surface area (Å²) >= 11 is 0. The molecule has 1 aromatic carbocycles. The van der Waals surface area contributed by atoms with Gasteiger partial charge in [0.2, 0.25) is 0 Å². The molecule has 0 heterocycles. The van der Waals surface area contributed by atoms with Crippen molar-refractivity contribution in [2.45, 2.75) is 6.42 Å². The van der Waals surface area contributed by atoms with E-state index in [1.54, 1.807) is 0 Å². The van der Waals surface area contributed by atoms with E-state index in [4.69, 9.17) is 5.73 Å². The Morgan fingerprint density at radius 1 is 1.36 bits per heavy atom. The second-order valence-electron chi connectivity index (χ2n) is 3.47. The third-order valence-corrected chi connectivity index (χ3v) is 2.03. The van der Waals surface area contributed by atoms with Gasteiger partial charge in [0.15, 0.2) is 0 Å². The Morgan fingerprint density at radius 3 is 2.79 bits per heavy atom. The number of rotatable bonds is 4. The van der Waals surface area contributed by atoms with E-state index >= 15 is 0 Å². The van der Waals surface area contributed by atoms with Crippen LogP contribution in [0.1, 0.15) is 12.0 Å². The maximum atomic E-state index is 5.41. The van der Waals surface area contributed by atoms with Crippen LogP contribution in [-0.4, -0.2) is 20.6 Å². The molecule has 0 aromatic heterocycles. The molecule has 2 nitrogen and oxygen atoms in total. The highest BCUT2D eigenvalue weighted by molar-refractivity contribution is 5.57. The van der Waals surface area contributed by atoms with Crippen LogP contribution in [0.2, 0.25) is 0 Å². The van der Waals surface area contributed by atoms with Crippen LogP contribution >= 0.6 is 0 Å². The standard InChI is InChI=1S/C12H18N2/c1-14(2)12-8-5-7-11(10-12)6-3-4-9-13/h3,5-8,10H,4,9,13H2,1-2H3. The second kappa shape index (κ2) is 5.45. The van der Waals surface area contributed by atoms with E-state index in [0.29, 0.717) is 6.54 Å². The molecule has 0 spiro atoms. The van der Waals surface area contributed by atoms with Gasteiger partial charge in [0, 0.05) is 19.8 Å². The normalized spacial score (nSPS) is 10.8. The lowest BCUT2D eigenvalue weighted by molar-refractivity contribution is 1.01. The van der Waals surface area contributed by atoms with Gasteiger partial charge in [-0.2, -0.15) is 0 Å². The SMILES string of the molecule is CN(C)c1cccc(C=CCCN)c1. The Labute approximate surface area is 86.0 Å². The van der Waals surface area contributed by atoms with E-state index in [0.717, 1.165) is 6.42 Å². The van der Waals surface area contributed by atoms with Gasteiger partial charge in [-0.05, 0) is 30.7 Å². The Bertz CT molecular complexity index is 303. The first-order valence-electron chi connectivity index (χ1n) is 4.88. The lowest BCUT2D eigenvalue weighted by Crippen LogP contribution is -2.08. The van der Waals surface area contributed by atoms with E-state index in [1.807, 2.05) is 14.1 Å². The third kappa shape index (κ3) is 3.23. The minimum absolute atomic E-state index is 0.712. The van der Waals surface area contributed by atoms with E-state index in [9.17, 15) is 0 Å². The van der Waals surface area contributed by atoms with Gasteiger partial charge >= 0.3 is 0 Å². The number of hydrogen-bond acceptors (Lipinski definition) is 2. The molecule has 0 fully saturated rings. The molecule has 14 heavy (non-hydrogen) atoms. The molecule has 76 valence electrons. The molecule has 0 unspecified atom stereocenters. The van der Waals surface area contributed by atoms with Crippen molar-refractivity contribution in [2.24, 2.45) is 5.73 Å². The van der Waals surface area contributed by atoms with Crippen LogP contribution in [-0.2, 0) is 0 Å². The zero-order chi connectivity index (χ0) is 10.4. The highest BCUT2D eigenvalue weighted by atomic mass is 15.1. The van der Waals surface area contributed by atoms with E-state index in [1.165, 1.54) is 11.3 Å². The predicted molar refractivity (Wildman–Crippen MR) is 63.5 cm³/mol. The fraction of sp³-hybridized carbons (Fsp3) is 0.333. The molecule has 1 rings (SSSR count). The fourth-order valence-corrected chi connectivity index (χ4v) is 1.22. The number of hydrogen-bond donors (Lipinski definition) is 1. The van der Waals surface area contributed by atoms with Crippen molar-refractivity contribution >= 4 is 11.8 Å². The molecular weight excluding hydrogens is 172 g/mol. The average molecular weight is 190 g/mol. The number of nitrogens with two attached hydrogens (primary N) is 1. The van der Waals surface area contributed by atoms with Crippen molar-refractivity contribution in [1.82, 2.24) is 0 Å². The Hall–Kier alpha value is -1.28. The largest absolute Gasteiger partial charge is 0.378 e. The van der Waals surface area contributed by atoms with Crippen LogP contribution < -0.4 is 10.6 Å². The molecule has 0 aliphatic carbocycles. The fourth-order valence-electron chi connectivity index (χ4n) is 1.22. The molecule has 0 amide bonds. The summed E-state index contributed by atoms with van der Waals surface area (Å²) in [5, 5.41) is 0. The quantitative estimate of drug-likeness (QED) is 0.788. The highest BCUT2D eigenvalue weighted by Crippen LogP contribution is 2.14. The Kier molecular flexibility index (Phi) is 4.20. The Balaban J connectivity index is 2.73. The van der Waals surface area contributed by atoms with Crippen LogP contribution in [0, 0.1) is 0 Å². The molecular formula is C12H18N2. The summed E-state index contributed by atoms with van der Waals surface area (Å²) in [6, 6.07) is 8.42. The van der Waals surface area contributed by atoms with E-state index in [-0.39, 0.29) is 0 Å². The smallest absolute Gasteiger partial charge is 0.0367 e. The summed E-state index contributed by atoms with van der Waals surface area (Å²) in [5.74, 6) is 0. The molecule has 0 saturated heterocycles. The summed E-state index contributed by atoms with van der Waals surface area (Å²) in [5.41, 5.74) is 7.86. The van der Waals surface area contributed by atoms with Crippen molar-refractivity contribution < 1.29 is 0 Å². The van der Waals surface area contributed by atoms with Gasteiger partial charge in [0.05, 0.1) is 0 Å². The summed E-state index contributed by atoms with van der Waals surface area (Å²) in [6.07, 6.45) is 5.15. The molecule has 0 saturated carbocycles. The third-order valence-electron chi connectivity index (χ3n) is 2.03. The molecule has 0 bridgehead atoms.